The van der Waals surface area contributed by atoms with Crippen LogP contribution in [-0.4, -0.2) is 37.6 Å². The quantitative estimate of drug-likeness (QED) is 0.671. The molecule has 0 amide bonds. The predicted octanol–water partition coefficient (Wildman–Crippen LogP) is 4.55. The van der Waals surface area contributed by atoms with E-state index in [1.165, 1.54) is 51.6 Å². The maximum Gasteiger partial charge on any atom is 0.00926 e. The molecule has 1 aliphatic rings. The van der Waals surface area contributed by atoms with Crippen LogP contribution in [0.3, 0.4) is 0 Å². The van der Waals surface area contributed by atoms with Gasteiger partial charge in [-0.15, -0.1) is 0 Å². The summed E-state index contributed by atoms with van der Waals surface area (Å²) >= 11 is 0. The third-order valence-corrected chi connectivity index (χ3v) is 5.75. The molecule has 1 rings (SSSR count). The van der Waals surface area contributed by atoms with E-state index in [1.54, 1.807) is 0 Å². The Bertz CT molecular complexity index is 263. The molecule has 2 heteroatoms. The average Bonchev–Trinajstić information content (AvgIpc) is 2.46. The van der Waals surface area contributed by atoms with Gasteiger partial charge in [0.15, 0.2) is 0 Å². The summed E-state index contributed by atoms with van der Waals surface area (Å²) in [6.45, 7) is 15.3. The van der Waals surface area contributed by atoms with E-state index in [0.29, 0.717) is 5.41 Å². The van der Waals surface area contributed by atoms with Gasteiger partial charge in [0, 0.05) is 19.1 Å². The van der Waals surface area contributed by atoms with E-state index < -0.39 is 0 Å². The summed E-state index contributed by atoms with van der Waals surface area (Å²) in [5.41, 5.74) is 0.451. The van der Waals surface area contributed by atoms with Gasteiger partial charge in [0.1, 0.15) is 0 Å². The molecule has 0 aromatic rings. The second-order valence-corrected chi connectivity index (χ2v) is 8.06. The number of nitrogens with zero attached hydrogens (tertiary/aromatic N) is 1. The fourth-order valence-corrected chi connectivity index (χ4v) is 3.75. The molecule has 0 atom stereocenters. The molecule has 0 radical (unpaired) electrons. The van der Waals surface area contributed by atoms with Crippen LogP contribution in [0, 0.1) is 17.3 Å². The van der Waals surface area contributed by atoms with Crippen molar-refractivity contribution in [3.63, 3.8) is 0 Å². The lowest BCUT2D eigenvalue weighted by molar-refractivity contribution is 0.0947. The third-order valence-electron chi connectivity index (χ3n) is 5.75. The lowest BCUT2D eigenvalue weighted by atomic mass is 9.80. The zero-order valence-corrected chi connectivity index (χ0v) is 15.5. The van der Waals surface area contributed by atoms with Crippen molar-refractivity contribution < 1.29 is 0 Å². The van der Waals surface area contributed by atoms with E-state index in [9.17, 15) is 0 Å². The van der Waals surface area contributed by atoms with E-state index in [0.717, 1.165) is 24.4 Å². The Hall–Kier alpha value is -0.0800. The summed E-state index contributed by atoms with van der Waals surface area (Å²) in [6, 6.07) is 0.823. The topological polar surface area (TPSA) is 15.3 Å². The van der Waals surface area contributed by atoms with Crippen LogP contribution in [0.4, 0.5) is 0 Å². The summed E-state index contributed by atoms with van der Waals surface area (Å²) in [7, 11) is 2.36. The fourth-order valence-electron chi connectivity index (χ4n) is 3.75. The fraction of sp³-hybridized carbons (Fsp3) is 1.00. The molecule has 0 aliphatic heterocycles. The maximum absolute atomic E-state index is 3.72. The van der Waals surface area contributed by atoms with Gasteiger partial charge in [0.2, 0.25) is 0 Å². The molecular formula is C19H40N2. The molecule has 1 N–H and O–H groups in total. The van der Waals surface area contributed by atoms with Crippen molar-refractivity contribution in [3.05, 3.63) is 0 Å². The van der Waals surface area contributed by atoms with Crippen molar-refractivity contribution in [2.24, 2.45) is 17.3 Å². The van der Waals surface area contributed by atoms with Crippen LogP contribution in [0.2, 0.25) is 0 Å². The number of nitrogens with one attached hydrogen (secondary N) is 1. The molecule has 0 aromatic heterocycles. The molecule has 2 nitrogen and oxygen atoms in total. The van der Waals surface area contributed by atoms with Crippen molar-refractivity contribution in [2.75, 3.05) is 26.7 Å². The SMILES string of the molecule is CCC(CC)(CNCC(C)C)CN(C)C1CCC(C)CC1. The minimum atomic E-state index is 0.451. The molecule has 0 saturated heterocycles. The highest BCUT2D eigenvalue weighted by Gasteiger charge is 2.31. The van der Waals surface area contributed by atoms with Gasteiger partial charge in [-0.05, 0) is 69.4 Å². The van der Waals surface area contributed by atoms with Gasteiger partial charge in [-0.1, -0.05) is 34.6 Å². The van der Waals surface area contributed by atoms with Gasteiger partial charge in [-0.3, -0.25) is 0 Å². The molecule has 0 spiro atoms. The van der Waals surface area contributed by atoms with Gasteiger partial charge < -0.3 is 10.2 Å². The largest absolute Gasteiger partial charge is 0.316 e. The first-order valence-electron chi connectivity index (χ1n) is 9.33. The van der Waals surface area contributed by atoms with Crippen LogP contribution >= 0.6 is 0 Å². The Morgan fingerprint density at radius 2 is 1.67 bits per heavy atom. The summed E-state index contributed by atoms with van der Waals surface area (Å²) < 4.78 is 0. The molecule has 1 aliphatic carbocycles. The Balaban J connectivity index is 2.51. The minimum absolute atomic E-state index is 0.451. The Kier molecular flexibility index (Phi) is 8.26. The smallest absolute Gasteiger partial charge is 0.00926 e. The summed E-state index contributed by atoms with van der Waals surface area (Å²) in [6.07, 6.45) is 8.21. The molecule has 1 fully saturated rings. The first-order chi connectivity index (χ1) is 9.92. The number of hydrogen-bond donors (Lipinski definition) is 1. The second-order valence-electron chi connectivity index (χ2n) is 8.06. The Morgan fingerprint density at radius 1 is 1.10 bits per heavy atom. The standard InChI is InChI=1S/C19H40N2/c1-7-19(8-2,14-20-13-16(3)4)15-21(6)18-11-9-17(5)10-12-18/h16-18,20H,7-15H2,1-6H3. The van der Waals surface area contributed by atoms with Crippen LogP contribution < -0.4 is 5.32 Å². The van der Waals surface area contributed by atoms with Gasteiger partial charge >= 0.3 is 0 Å². The third kappa shape index (κ3) is 6.28. The lowest BCUT2D eigenvalue weighted by Crippen LogP contribution is -2.47. The second kappa shape index (κ2) is 9.15. The van der Waals surface area contributed by atoms with Gasteiger partial charge in [-0.2, -0.15) is 0 Å². The van der Waals surface area contributed by atoms with Crippen LogP contribution in [0.1, 0.15) is 73.1 Å². The molecule has 0 aromatic carbocycles. The molecule has 0 heterocycles. The van der Waals surface area contributed by atoms with Gasteiger partial charge in [-0.25, -0.2) is 0 Å². The van der Waals surface area contributed by atoms with Crippen molar-refractivity contribution in [3.8, 4) is 0 Å². The first kappa shape index (κ1) is 19.0. The number of rotatable bonds is 9. The number of hydrogen-bond acceptors (Lipinski definition) is 2. The molecule has 1 saturated carbocycles. The average molecular weight is 297 g/mol. The van der Waals surface area contributed by atoms with Gasteiger partial charge in [0.05, 0.1) is 0 Å². The van der Waals surface area contributed by atoms with Crippen LogP contribution in [0.25, 0.3) is 0 Å². The molecular weight excluding hydrogens is 256 g/mol. The van der Waals surface area contributed by atoms with E-state index in [4.69, 9.17) is 0 Å². The lowest BCUT2D eigenvalue weighted by Gasteiger charge is -2.41. The first-order valence-corrected chi connectivity index (χ1v) is 9.33. The van der Waals surface area contributed by atoms with Crippen molar-refractivity contribution in [1.29, 1.82) is 0 Å². The normalized spacial score (nSPS) is 24.0. The highest BCUT2D eigenvalue weighted by atomic mass is 15.1. The Morgan fingerprint density at radius 3 is 2.14 bits per heavy atom. The van der Waals surface area contributed by atoms with E-state index in [1.807, 2.05) is 0 Å². The van der Waals surface area contributed by atoms with Crippen molar-refractivity contribution in [2.45, 2.75) is 79.2 Å². The summed E-state index contributed by atoms with van der Waals surface area (Å²) in [4.78, 5) is 2.68. The van der Waals surface area contributed by atoms with E-state index in [-0.39, 0.29) is 0 Å². The van der Waals surface area contributed by atoms with Crippen LogP contribution in [0.15, 0.2) is 0 Å². The van der Waals surface area contributed by atoms with E-state index >= 15 is 0 Å². The highest BCUT2D eigenvalue weighted by molar-refractivity contribution is 4.86. The van der Waals surface area contributed by atoms with Crippen molar-refractivity contribution in [1.82, 2.24) is 10.2 Å². The summed E-state index contributed by atoms with van der Waals surface area (Å²) in [5.74, 6) is 1.69. The van der Waals surface area contributed by atoms with Crippen molar-refractivity contribution >= 4 is 0 Å². The van der Waals surface area contributed by atoms with Crippen LogP contribution in [-0.2, 0) is 0 Å². The maximum atomic E-state index is 3.72. The highest BCUT2D eigenvalue weighted by Crippen LogP contribution is 2.31. The predicted molar refractivity (Wildman–Crippen MR) is 94.8 cm³/mol. The van der Waals surface area contributed by atoms with Crippen LogP contribution in [0.5, 0.6) is 0 Å². The molecule has 21 heavy (non-hydrogen) atoms. The zero-order chi connectivity index (χ0) is 15.9. The molecule has 0 bridgehead atoms. The minimum Gasteiger partial charge on any atom is -0.316 e. The monoisotopic (exact) mass is 296 g/mol. The zero-order valence-electron chi connectivity index (χ0n) is 15.5. The summed E-state index contributed by atoms with van der Waals surface area (Å²) in [5, 5.41) is 3.72. The molecule has 0 unspecified atom stereocenters. The van der Waals surface area contributed by atoms with E-state index in [2.05, 4.69) is 51.9 Å². The van der Waals surface area contributed by atoms with Gasteiger partial charge in [0.25, 0.3) is 0 Å². The molecule has 126 valence electrons. The Labute approximate surface area is 134 Å².